The van der Waals surface area contributed by atoms with Crippen molar-refractivity contribution < 1.29 is 21.6 Å². The van der Waals surface area contributed by atoms with Crippen molar-refractivity contribution in [3.05, 3.63) is 60.2 Å². The van der Waals surface area contributed by atoms with Crippen LogP contribution in [0.1, 0.15) is 18.5 Å². The molecule has 0 spiro atoms. The minimum atomic E-state index is -3.77. The predicted octanol–water partition coefficient (Wildman–Crippen LogP) is 1.58. The molecule has 0 aliphatic rings. The van der Waals surface area contributed by atoms with Crippen molar-refractivity contribution in [2.45, 2.75) is 17.9 Å². The van der Waals surface area contributed by atoms with Crippen molar-refractivity contribution in [2.24, 2.45) is 0 Å². The molecular weight excluding hydrogens is 414 g/mol. The second-order valence-corrected chi connectivity index (χ2v) is 10.8. The average molecular weight is 440 g/mol. The molecule has 0 fully saturated rings. The van der Waals surface area contributed by atoms with E-state index in [9.17, 15) is 21.6 Å². The second kappa shape index (κ2) is 8.93. The number of rotatable bonds is 8. The maximum absolute atomic E-state index is 12.5. The van der Waals surface area contributed by atoms with Crippen LogP contribution in [0.3, 0.4) is 0 Å². The van der Waals surface area contributed by atoms with Crippen LogP contribution in [0.25, 0.3) is 0 Å². The molecule has 8 nitrogen and oxygen atoms in total. The Morgan fingerprint density at radius 2 is 1.52 bits per heavy atom. The lowest BCUT2D eigenvalue weighted by atomic mass is 10.1. The van der Waals surface area contributed by atoms with Crippen molar-refractivity contribution in [1.29, 1.82) is 0 Å². The van der Waals surface area contributed by atoms with Gasteiger partial charge < -0.3 is 5.32 Å². The van der Waals surface area contributed by atoms with Crippen LogP contribution in [-0.4, -0.2) is 53.9 Å². The highest BCUT2D eigenvalue weighted by atomic mass is 32.2. The number of carbonyl (C=O) groups is 1. The minimum Gasteiger partial charge on any atom is -0.348 e. The summed E-state index contributed by atoms with van der Waals surface area (Å²) >= 11 is 0. The molecule has 10 heteroatoms. The van der Waals surface area contributed by atoms with Crippen LogP contribution in [0.15, 0.2) is 59.5 Å². The first-order valence-corrected chi connectivity index (χ1v) is 12.1. The van der Waals surface area contributed by atoms with E-state index in [0.717, 1.165) is 20.4 Å². The highest BCUT2D eigenvalue weighted by Gasteiger charge is 2.23. The van der Waals surface area contributed by atoms with E-state index in [0.29, 0.717) is 0 Å². The summed E-state index contributed by atoms with van der Waals surface area (Å²) in [5, 5.41) is 2.77. The van der Waals surface area contributed by atoms with Gasteiger partial charge in [0.05, 0.1) is 22.9 Å². The van der Waals surface area contributed by atoms with Gasteiger partial charge in [-0.2, -0.15) is 0 Å². The number of carbonyl (C=O) groups excluding carboxylic acids is 1. The topological polar surface area (TPSA) is 104 Å². The number of nitrogens with zero attached hydrogens (tertiary/aromatic N) is 2. The zero-order chi connectivity index (χ0) is 21.8. The third-order valence-corrected chi connectivity index (χ3v) is 7.24. The fraction of sp³-hybridized carbons (Fsp3) is 0.316. The van der Waals surface area contributed by atoms with Gasteiger partial charge in [0.2, 0.25) is 26.0 Å². The molecule has 2 rings (SSSR count). The summed E-state index contributed by atoms with van der Waals surface area (Å²) in [5.74, 6) is -0.475. The Labute approximate surface area is 172 Å². The van der Waals surface area contributed by atoms with Gasteiger partial charge in [-0.15, -0.1) is 0 Å². The lowest BCUT2D eigenvalue weighted by molar-refractivity contribution is -0.120. The molecule has 0 aliphatic heterocycles. The minimum absolute atomic E-state index is 0.0295. The lowest BCUT2D eigenvalue weighted by Crippen LogP contribution is -2.41. The lowest BCUT2D eigenvalue weighted by Gasteiger charge is -2.23. The highest BCUT2D eigenvalue weighted by Crippen LogP contribution is 2.22. The van der Waals surface area contributed by atoms with Gasteiger partial charge in [0.15, 0.2) is 0 Å². The Bertz CT molecular complexity index is 1050. The van der Waals surface area contributed by atoms with Gasteiger partial charge in [-0.05, 0) is 36.8 Å². The smallest absolute Gasteiger partial charge is 0.242 e. The predicted molar refractivity (Wildman–Crippen MR) is 113 cm³/mol. The summed E-state index contributed by atoms with van der Waals surface area (Å²) in [6, 6.07) is 14.4. The molecule has 0 unspecified atom stereocenters. The van der Waals surface area contributed by atoms with Gasteiger partial charge in [-0.25, -0.2) is 21.1 Å². The number of hydrogen-bond acceptors (Lipinski definition) is 5. The van der Waals surface area contributed by atoms with E-state index in [4.69, 9.17) is 0 Å². The van der Waals surface area contributed by atoms with Crippen molar-refractivity contribution in [1.82, 2.24) is 9.62 Å². The number of nitrogens with one attached hydrogen (secondary N) is 1. The fourth-order valence-corrected chi connectivity index (χ4v) is 4.40. The van der Waals surface area contributed by atoms with E-state index in [1.165, 1.54) is 38.4 Å². The average Bonchev–Trinajstić information content (AvgIpc) is 2.66. The van der Waals surface area contributed by atoms with Crippen molar-refractivity contribution >= 4 is 31.6 Å². The van der Waals surface area contributed by atoms with Crippen LogP contribution >= 0.6 is 0 Å². The summed E-state index contributed by atoms with van der Waals surface area (Å²) < 4.78 is 50.8. The van der Waals surface area contributed by atoms with E-state index in [2.05, 4.69) is 5.32 Å². The maximum Gasteiger partial charge on any atom is 0.242 e. The summed E-state index contributed by atoms with van der Waals surface area (Å²) in [6.45, 7) is 1.38. The fourth-order valence-electron chi connectivity index (χ4n) is 2.64. The third kappa shape index (κ3) is 5.78. The molecule has 0 aromatic heterocycles. The normalized spacial score (nSPS) is 13.1. The quantitative estimate of drug-likeness (QED) is 0.673. The maximum atomic E-state index is 12.5. The first-order chi connectivity index (χ1) is 13.4. The largest absolute Gasteiger partial charge is 0.348 e. The summed E-state index contributed by atoms with van der Waals surface area (Å²) in [6.07, 6.45) is 0.991. The molecule has 0 aliphatic carbocycles. The van der Waals surface area contributed by atoms with E-state index >= 15 is 0 Å². The molecular formula is C19H25N3O5S2. The molecule has 29 heavy (non-hydrogen) atoms. The summed E-state index contributed by atoms with van der Waals surface area (Å²) in [5.41, 5.74) is 1.10. The zero-order valence-corrected chi connectivity index (χ0v) is 18.4. The van der Waals surface area contributed by atoms with Crippen LogP contribution < -0.4 is 9.62 Å². The number of amides is 1. The molecule has 0 saturated heterocycles. The van der Waals surface area contributed by atoms with Crippen LogP contribution in [0.4, 0.5) is 5.69 Å². The second-order valence-electron chi connectivity index (χ2n) is 6.75. The van der Waals surface area contributed by atoms with Crippen LogP contribution in [-0.2, 0) is 24.8 Å². The molecule has 0 saturated carbocycles. The van der Waals surface area contributed by atoms with Gasteiger partial charge in [0.25, 0.3) is 0 Å². The van der Waals surface area contributed by atoms with Crippen LogP contribution in [0.2, 0.25) is 0 Å². The Kier molecular flexibility index (Phi) is 7.04. The molecule has 158 valence electrons. The number of sulfonamides is 2. The first kappa shape index (κ1) is 22.9. The third-order valence-electron chi connectivity index (χ3n) is 4.27. The Balaban J connectivity index is 2.21. The van der Waals surface area contributed by atoms with E-state index in [1.54, 1.807) is 6.92 Å². The monoisotopic (exact) mass is 439 g/mol. The first-order valence-electron chi connectivity index (χ1n) is 8.77. The highest BCUT2D eigenvalue weighted by molar-refractivity contribution is 7.92. The van der Waals surface area contributed by atoms with E-state index < -0.39 is 32.5 Å². The summed E-state index contributed by atoms with van der Waals surface area (Å²) in [4.78, 5) is 12.5. The number of hydrogen-bond donors (Lipinski definition) is 1. The Hall–Kier alpha value is -2.43. The van der Waals surface area contributed by atoms with E-state index in [1.807, 2.05) is 30.3 Å². The number of anilines is 1. The van der Waals surface area contributed by atoms with Gasteiger partial charge in [-0.3, -0.25) is 9.10 Å². The summed E-state index contributed by atoms with van der Waals surface area (Å²) in [7, 11) is -4.59. The van der Waals surface area contributed by atoms with Gasteiger partial charge >= 0.3 is 0 Å². The molecule has 1 atom stereocenters. The van der Waals surface area contributed by atoms with Crippen LogP contribution in [0.5, 0.6) is 0 Å². The zero-order valence-electron chi connectivity index (χ0n) is 16.7. The van der Waals surface area contributed by atoms with E-state index in [-0.39, 0.29) is 16.6 Å². The van der Waals surface area contributed by atoms with Crippen molar-refractivity contribution in [3.8, 4) is 0 Å². The molecule has 2 aromatic carbocycles. The molecule has 0 bridgehead atoms. The SMILES string of the molecule is C[C@H](NC(=O)CN(c1ccc(S(=O)(=O)N(C)C)cc1)S(C)(=O)=O)c1ccccc1. The van der Waals surface area contributed by atoms with Crippen molar-refractivity contribution in [2.75, 3.05) is 31.2 Å². The molecule has 0 heterocycles. The Morgan fingerprint density at radius 1 is 0.966 bits per heavy atom. The van der Waals surface area contributed by atoms with Gasteiger partial charge in [0.1, 0.15) is 6.54 Å². The van der Waals surface area contributed by atoms with Gasteiger partial charge in [0, 0.05) is 14.1 Å². The molecule has 1 amide bonds. The van der Waals surface area contributed by atoms with Crippen molar-refractivity contribution in [3.63, 3.8) is 0 Å². The number of benzene rings is 2. The van der Waals surface area contributed by atoms with Gasteiger partial charge in [-0.1, -0.05) is 30.3 Å². The Morgan fingerprint density at radius 3 is 2.00 bits per heavy atom. The molecule has 0 radical (unpaired) electrons. The molecule has 1 N–H and O–H groups in total. The van der Waals surface area contributed by atoms with Crippen LogP contribution in [0, 0.1) is 0 Å². The standard InChI is InChI=1S/C19H25N3O5S2/c1-15(16-8-6-5-7-9-16)20-19(23)14-22(28(4,24)25)17-10-12-18(13-11-17)29(26,27)21(2)3/h5-13,15H,14H2,1-4H3,(H,20,23)/t15-/m0/s1. The molecule has 2 aromatic rings.